The second-order valence-electron chi connectivity index (χ2n) is 9.82. The van der Waals surface area contributed by atoms with Crippen LogP contribution in [0.25, 0.3) is 10.9 Å². The van der Waals surface area contributed by atoms with Gasteiger partial charge in [-0.05, 0) is 68.9 Å². The van der Waals surface area contributed by atoms with Crippen molar-refractivity contribution in [2.45, 2.75) is 48.1 Å². The molecule has 2 N–H and O–H groups in total. The molecule has 1 spiro atoms. The van der Waals surface area contributed by atoms with E-state index >= 15 is 0 Å². The van der Waals surface area contributed by atoms with Crippen LogP contribution < -0.4 is 0 Å². The predicted octanol–water partition coefficient (Wildman–Crippen LogP) is 4.88. The number of fused-ring (bicyclic) bond motifs is 4. The Morgan fingerprint density at radius 1 is 1.15 bits per heavy atom. The van der Waals surface area contributed by atoms with Crippen LogP contribution in [0.15, 0.2) is 53.4 Å². The van der Waals surface area contributed by atoms with Gasteiger partial charge in [0.25, 0.3) is 0 Å². The molecule has 2 aliphatic rings. The highest BCUT2D eigenvalue weighted by atomic mass is 32.2. The molecule has 0 bridgehead atoms. The fourth-order valence-electron chi connectivity index (χ4n) is 5.97. The third-order valence-corrected chi connectivity index (χ3v) is 8.34. The van der Waals surface area contributed by atoms with E-state index in [1.165, 1.54) is 21.5 Å². The van der Waals surface area contributed by atoms with Crippen LogP contribution >= 0.6 is 11.8 Å². The fourth-order valence-corrected chi connectivity index (χ4v) is 6.38. The summed E-state index contributed by atoms with van der Waals surface area (Å²) in [6.45, 7) is 0.777. The van der Waals surface area contributed by atoms with Gasteiger partial charge < -0.3 is 24.5 Å². The Morgan fingerprint density at radius 3 is 2.61 bits per heavy atom. The average molecular weight is 467 g/mol. The van der Waals surface area contributed by atoms with E-state index in [4.69, 9.17) is 9.47 Å². The molecule has 5 rings (SSSR count). The Labute approximate surface area is 200 Å². The van der Waals surface area contributed by atoms with Crippen LogP contribution in [0.1, 0.15) is 36.1 Å². The summed E-state index contributed by atoms with van der Waals surface area (Å²) in [6.07, 6.45) is 4.62. The molecule has 1 aliphatic heterocycles. The van der Waals surface area contributed by atoms with E-state index in [2.05, 4.69) is 78.8 Å². The molecule has 4 atom stereocenters. The van der Waals surface area contributed by atoms with Gasteiger partial charge in [-0.2, -0.15) is 0 Å². The maximum atomic E-state index is 12.1. The Morgan fingerprint density at radius 2 is 1.91 bits per heavy atom. The van der Waals surface area contributed by atoms with E-state index in [0.29, 0.717) is 6.42 Å². The van der Waals surface area contributed by atoms with Crippen molar-refractivity contribution in [3.8, 4) is 0 Å². The number of thioether (sulfide) groups is 1. The van der Waals surface area contributed by atoms with Crippen molar-refractivity contribution in [3.05, 3.63) is 65.4 Å². The Hall–Kier alpha value is -1.83. The second kappa shape index (κ2) is 8.75. The van der Waals surface area contributed by atoms with Gasteiger partial charge in [0.1, 0.15) is 5.60 Å². The molecular formula is C27H34N2O3S. The number of aliphatic hydroxyl groups is 1. The molecule has 4 unspecified atom stereocenters. The molecular weight excluding hydrogens is 432 g/mol. The number of methoxy groups -OCH3 is 1. The number of hydrogen-bond donors (Lipinski definition) is 2. The minimum absolute atomic E-state index is 0.0104. The third-order valence-electron chi connectivity index (χ3n) is 7.60. The van der Waals surface area contributed by atoms with Gasteiger partial charge in [0.2, 0.25) is 0 Å². The summed E-state index contributed by atoms with van der Waals surface area (Å²) in [7, 11) is 5.88. The summed E-state index contributed by atoms with van der Waals surface area (Å²) in [5, 5.41) is 13.4. The number of para-hydroxylation sites is 1. The van der Waals surface area contributed by atoms with Gasteiger partial charge >= 0.3 is 0 Å². The van der Waals surface area contributed by atoms with E-state index in [0.717, 1.165) is 36.9 Å². The van der Waals surface area contributed by atoms with E-state index in [1.807, 2.05) is 0 Å². The summed E-state index contributed by atoms with van der Waals surface area (Å²) in [6, 6.07) is 16.9. The Kier molecular flexibility index (Phi) is 6.08. The topological polar surface area (TPSA) is 57.7 Å². The quantitative estimate of drug-likeness (QED) is 0.525. The van der Waals surface area contributed by atoms with Crippen LogP contribution in [0, 0.1) is 5.92 Å². The molecule has 33 heavy (non-hydrogen) atoms. The highest BCUT2D eigenvalue weighted by Crippen LogP contribution is 2.54. The van der Waals surface area contributed by atoms with Crippen LogP contribution in [-0.2, 0) is 27.1 Å². The molecule has 2 heterocycles. The smallest absolute Gasteiger partial charge is 0.162 e. The molecule has 0 saturated heterocycles. The molecule has 1 aliphatic carbocycles. The first-order valence-electron chi connectivity index (χ1n) is 11.7. The summed E-state index contributed by atoms with van der Waals surface area (Å²) >= 11 is 1.72. The lowest BCUT2D eigenvalue weighted by Gasteiger charge is -2.52. The molecule has 6 heteroatoms. The summed E-state index contributed by atoms with van der Waals surface area (Å²) in [4.78, 5) is 7.08. The molecule has 5 nitrogen and oxygen atoms in total. The molecule has 0 radical (unpaired) electrons. The van der Waals surface area contributed by atoms with Crippen molar-refractivity contribution in [1.82, 2.24) is 9.88 Å². The molecule has 1 saturated carbocycles. The van der Waals surface area contributed by atoms with E-state index in [1.54, 1.807) is 18.9 Å². The van der Waals surface area contributed by atoms with Crippen molar-refractivity contribution < 1.29 is 14.6 Å². The maximum Gasteiger partial charge on any atom is 0.162 e. The number of nitrogens with one attached hydrogen (secondary N) is 1. The lowest BCUT2D eigenvalue weighted by molar-refractivity contribution is -0.248. The number of rotatable bonds is 5. The van der Waals surface area contributed by atoms with Gasteiger partial charge in [-0.15, -0.1) is 11.8 Å². The lowest BCUT2D eigenvalue weighted by Crippen LogP contribution is -2.53. The zero-order chi connectivity index (χ0) is 23.2. The number of hydrogen-bond acceptors (Lipinski definition) is 5. The Balaban J connectivity index is 1.58. The highest BCUT2D eigenvalue weighted by Gasteiger charge is 2.54. The third kappa shape index (κ3) is 3.92. The van der Waals surface area contributed by atoms with Gasteiger partial charge in [0, 0.05) is 41.8 Å². The predicted molar refractivity (Wildman–Crippen MR) is 134 cm³/mol. The molecule has 2 aromatic carbocycles. The van der Waals surface area contributed by atoms with Crippen molar-refractivity contribution in [1.29, 1.82) is 0 Å². The van der Waals surface area contributed by atoms with Crippen molar-refractivity contribution in [2.24, 2.45) is 5.92 Å². The SMILES string of the molecule is COC1Cc2c([nH]c3ccccc23)C2(CCC(O)(c3ccc(SC)cc3)C(CN(C)C)C2)O1. The fraction of sp³-hybridized carbons (Fsp3) is 0.481. The van der Waals surface area contributed by atoms with Gasteiger partial charge in [0.05, 0.1) is 11.3 Å². The van der Waals surface area contributed by atoms with E-state index in [-0.39, 0.29) is 12.2 Å². The average Bonchev–Trinajstić information content (AvgIpc) is 3.21. The van der Waals surface area contributed by atoms with Gasteiger partial charge in [-0.25, -0.2) is 0 Å². The normalized spacial score (nSPS) is 29.6. The number of benzene rings is 2. The largest absolute Gasteiger partial charge is 0.385 e. The molecule has 0 amide bonds. The first-order valence-corrected chi connectivity index (χ1v) is 12.9. The molecule has 176 valence electrons. The summed E-state index contributed by atoms with van der Waals surface area (Å²) in [5.74, 6) is 0.0104. The first-order chi connectivity index (χ1) is 15.9. The van der Waals surface area contributed by atoms with Crippen LogP contribution in [0.3, 0.4) is 0 Å². The molecule has 3 aromatic rings. The standard InChI is InChI=1S/C27H34N2O3S/c1-29(2)17-19-16-26(13-14-27(19,30)18-9-11-20(33-4)12-10-18)25-22(15-24(31-3)32-26)21-7-5-6-8-23(21)28-25/h5-12,19,24,28,30H,13-17H2,1-4H3. The number of aromatic amines is 1. The van der Waals surface area contributed by atoms with Crippen LogP contribution in [0.5, 0.6) is 0 Å². The molecule has 1 aromatic heterocycles. The maximum absolute atomic E-state index is 12.1. The zero-order valence-electron chi connectivity index (χ0n) is 19.9. The number of H-pyrrole nitrogens is 1. The second-order valence-corrected chi connectivity index (χ2v) is 10.7. The summed E-state index contributed by atoms with van der Waals surface area (Å²) in [5.41, 5.74) is 3.20. The van der Waals surface area contributed by atoms with Crippen molar-refractivity contribution >= 4 is 22.7 Å². The number of nitrogens with zero attached hydrogens (tertiary/aromatic N) is 1. The highest BCUT2D eigenvalue weighted by molar-refractivity contribution is 7.98. The van der Waals surface area contributed by atoms with E-state index < -0.39 is 11.2 Å². The molecule has 1 fully saturated rings. The van der Waals surface area contributed by atoms with E-state index in [9.17, 15) is 5.11 Å². The Bertz CT molecular complexity index is 1130. The summed E-state index contributed by atoms with van der Waals surface area (Å²) < 4.78 is 12.5. The van der Waals surface area contributed by atoms with Gasteiger partial charge in [0.15, 0.2) is 6.29 Å². The van der Waals surface area contributed by atoms with Crippen LogP contribution in [0.4, 0.5) is 0 Å². The minimum atomic E-state index is -0.901. The zero-order valence-corrected chi connectivity index (χ0v) is 20.7. The minimum Gasteiger partial charge on any atom is -0.385 e. The van der Waals surface area contributed by atoms with Gasteiger partial charge in [-0.1, -0.05) is 30.3 Å². The van der Waals surface area contributed by atoms with Crippen molar-refractivity contribution in [3.63, 3.8) is 0 Å². The van der Waals surface area contributed by atoms with Crippen LogP contribution in [-0.4, -0.2) is 55.3 Å². The lowest BCUT2D eigenvalue weighted by atomic mass is 9.64. The van der Waals surface area contributed by atoms with Crippen LogP contribution in [0.2, 0.25) is 0 Å². The first kappa shape index (κ1) is 22.9. The number of ether oxygens (including phenoxy) is 2. The van der Waals surface area contributed by atoms with Crippen molar-refractivity contribution in [2.75, 3.05) is 34.0 Å². The van der Waals surface area contributed by atoms with Gasteiger partial charge in [-0.3, -0.25) is 0 Å². The number of aromatic nitrogens is 1. The monoisotopic (exact) mass is 466 g/mol.